The van der Waals surface area contributed by atoms with E-state index in [2.05, 4.69) is 18.8 Å². The second-order valence-electron chi connectivity index (χ2n) is 2.94. The average Bonchev–Trinajstić information content (AvgIpc) is 2.14. The molecule has 0 aliphatic rings. The molecule has 0 amide bonds. The molecule has 3 heteroatoms. The maximum absolute atomic E-state index is 9.33. The predicted octanol–water partition coefficient (Wildman–Crippen LogP) is 1.53. The summed E-state index contributed by atoms with van der Waals surface area (Å²) in [6.07, 6.45) is 3.25. The number of aliphatic hydroxyl groups excluding tert-OH is 2. The molecule has 0 aliphatic heterocycles. The van der Waals surface area contributed by atoms with Crippen molar-refractivity contribution in [2.24, 2.45) is 0 Å². The average molecular weight is 205 g/mol. The molecule has 0 aromatic rings. The van der Waals surface area contributed by atoms with Gasteiger partial charge in [-0.1, -0.05) is 38.0 Å². The molecule has 0 radical (unpaired) electrons. The summed E-state index contributed by atoms with van der Waals surface area (Å²) in [4.78, 5) is 0. The molecule has 0 spiro atoms. The fraction of sp³-hybridized carbons (Fsp3) is 0.800. The minimum absolute atomic E-state index is 0.227. The lowest BCUT2D eigenvalue weighted by atomic mass is 10.1. The Hall–Kier alpha value is -0.230. The van der Waals surface area contributed by atoms with E-state index < -0.39 is 6.10 Å². The molecule has 0 aliphatic carbocycles. The number of hydrogen-bond donors (Lipinski definition) is 2. The predicted molar refractivity (Wildman–Crippen MR) is 54.7 cm³/mol. The Morgan fingerprint density at radius 1 is 1.38 bits per heavy atom. The number of aliphatic hydroxyl groups is 2. The molecular formula is C10H17ClO2. The molecule has 0 saturated heterocycles. The van der Waals surface area contributed by atoms with Crippen LogP contribution < -0.4 is 0 Å². The lowest BCUT2D eigenvalue weighted by Crippen LogP contribution is -2.18. The van der Waals surface area contributed by atoms with Crippen molar-refractivity contribution in [2.45, 2.75) is 44.1 Å². The Morgan fingerprint density at radius 2 is 2.08 bits per heavy atom. The summed E-state index contributed by atoms with van der Waals surface area (Å²) in [7, 11) is 0. The fourth-order valence-corrected chi connectivity index (χ4v) is 1.21. The van der Waals surface area contributed by atoms with Crippen LogP contribution >= 0.6 is 11.6 Å². The zero-order valence-corrected chi connectivity index (χ0v) is 8.72. The molecule has 2 N–H and O–H groups in total. The minimum atomic E-state index is -0.814. The smallest absolute Gasteiger partial charge is 0.131 e. The van der Waals surface area contributed by atoms with Gasteiger partial charge < -0.3 is 10.2 Å². The van der Waals surface area contributed by atoms with Gasteiger partial charge in [0.1, 0.15) is 12.7 Å². The summed E-state index contributed by atoms with van der Waals surface area (Å²) in [5.74, 6) is 4.87. The lowest BCUT2D eigenvalue weighted by Gasteiger charge is -2.10. The maximum atomic E-state index is 9.33. The van der Waals surface area contributed by atoms with Gasteiger partial charge >= 0.3 is 0 Å². The third-order valence-corrected chi connectivity index (χ3v) is 2.21. The van der Waals surface area contributed by atoms with E-state index in [1.165, 1.54) is 0 Å². The summed E-state index contributed by atoms with van der Waals surface area (Å²) < 4.78 is 0. The first-order chi connectivity index (χ1) is 6.22. The van der Waals surface area contributed by atoms with Gasteiger partial charge in [-0.15, -0.1) is 11.6 Å². The number of hydrogen-bond acceptors (Lipinski definition) is 2. The Bertz CT molecular complexity index is 171. The van der Waals surface area contributed by atoms with E-state index in [-0.39, 0.29) is 12.0 Å². The summed E-state index contributed by atoms with van der Waals surface area (Å²) in [6.45, 7) is 1.89. The number of rotatable bonds is 5. The van der Waals surface area contributed by atoms with Crippen LogP contribution in [0.25, 0.3) is 0 Å². The molecule has 0 heterocycles. The fourth-order valence-electron chi connectivity index (χ4n) is 0.988. The van der Waals surface area contributed by atoms with Crippen LogP contribution in [0.2, 0.25) is 0 Å². The molecule has 0 bridgehead atoms. The quantitative estimate of drug-likeness (QED) is 0.405. The van der Waals surface area contributed by atoms with Crippen molar-refractivity contribution >= 4 is 11.6 Å². The largest absolute Gasteiger partial charge is 0.384 e. The van der Waals surface area contributed by atoms with Gasteiger partial charge in [0.2, 0.25) is 0 Å². The van der Waals surface area contributed by atoms with E-state index in [1.54, 1.807) is 0 Å². The topological polar surface area (TPSA) is 40.5 Å². The van der Waals surface area contributed by atoms with Crippen molar-refractivity contribution in [3.05, 3.63) is 0 Å². The van der Waals surface area contributed by atoms with Crippen LogP contribution in [0.1, 0.15) is 32.6 Å². The number of halogens is 1. The van der Waals surface area contributed by atoms with E-state index in [4.69, 9.17) is 16.7 Å². The van der Waals surface area contributed by atoms with Crippen LogP contribution in [0.5, 0.6) is 0 Å². The van der Waals surface area contributed by atoms with Gasteiger partial charge in [0.05, 0.1) is 5.38 Å². The highest BCUT2D eigenvalue weighted by atomic mass is 35.5. The first kappa shape index (κ1) is 12.8. The highest BCUT2D eigenvalue weighted by Gasteiger charge is 2.12. The van der Waals surface area contributed by atoms with Gasteiger partial charge in [0.15, 0.2) is 0 Å². The molecular weight excluding hydrogens is 188 g/mol. The number of unbranched alkanes of at least 4 members (excludes halogenated alkanes) is 2. The van der Waals surface area contributed by atoms with Crippen LogP contribution in [-0.2, 0) is 0 Å². The van der Waals surface area contributed by atoms with Crippen LogP contribution in [0, 0.1) is 11.8 Å². The zero-order valence-electron chi connectivity index (χ0n) is 7.96. The normalized spacial score (nSPS) is 14.5. The van der Waals surface area contributed by atoms with Crippen molar-refractivity contribution in [2.75, 3.05) is 6.61 Å². The molecule has 0 aromatic carbocycles. The lowest BCUT2D eigenvalue weighted by molar-refractivity contribution is 0.220. The molecule has 0 aromatic heterocycles. The van der Waals surface area contributed by atoms with Gasteiger partial charge in [0, 0.05) is 0 Å². The van der Waals surface area contributed by atoms with Crippen LogP contribution in [0.15, 0.2) is 0 Å². The van der Waals surface area contributed by atoms with Gasteiger partial charge in [-0.25, -0.2) is 0 Å². The third-order valence-electron chi connectivity index (χ3n) is 1.76. The van der Waals surface area contributed by atoms with Crippen molar-refractivity contribution < 1.29 is 10.2 Å². The Kier molecular flexibility index (Phi) is 8.22. The van der Waals surface area contributed by atoms with Gasteiger partial charge in [-0.3, -0.25) is 0 Å². The molecule has 0 saturated carbocycles. The summed E-state index contributed by atoms with van der Waals surface area (Å²) in [5.41, 5.74) is 0. The SMILES string of the molecule is CCCCCC(Cl)C(O)C#CCO. The molecule has 0 rings (SSSR count). The monoisotopic (exact) mass is 204 g/mol. The Labute approximate surface area is 84.9 Å². The molecule has 76 valence electrons. The second-order valence-corrected chi connectivity index (χ2v) is 3.50. The molecule has 2 atom stereocenters. The highest BCUT2D eigenvalue weighted by molar-refractivity contribution is 6.21. The molecule has 2 unspecified atom stereocenters. The van der Waals surface area contributed by atoms with Crippen molar-refractivity contribution in [1.29, 1.82) is 0 Å². The van der Waals surface area contributed by atoms with E-state index in [0.717, 1.165) is 25.7 Å². The molecule has 0 fully saturated rings. The van der Waals surface area contributed by atoms with Gasteiger partial charge in [0.25, 0.3) is 0 Å². The summed E-state index contributed by atoms with van der Waals surface area (Å²) >= 11 is 5.87. The first-order valence-electron chi connectivity index (χ1n) is 4.63. The van der Waals surface area contributed by atoms with E-state index >= 15 is 0 Å². The van der Waals surface area contributed by atoms with Crippen LogP contribution in [0.4, 0.5) is 0 Å². The third kappa shape index (κ3) is 6.89. The molecule has 2 nitrogen and oxygen atoms in total. The van der Waals surface area contributed by atoms with Crippen LogP contribution in [-0.4, -0.2) is 28.3 Å². The van der Waals surface area contributed by atoms with Crippen LogP contribution in [0.3, 0.4) is 0 Å². The van der Waals surface area contributed by atoms with Gasteiger partial charge in [-0.05, 0) is 6.42 Å². The summed E-state index contributed by atoms with van der Waals surface area (Å²) in [6, 6.07) is 0. The maximum Gasteiger partial charge on any atom is 0.131 e. The van der Waals surface area contributed by atoms with Crippen molar-refractivity contribution in [1.82, 2.24) is 0 Å². The van der Waals surface area contributed by atoms with Crippen molar-refractivity contribution in [3.63, 3.8) is 0 Å². The molecule has 13 heavy (non-hydrogen) atoms. The standard InChI is InChI=1S/C10H17ClO2/c1-2-3-4-6-9(11)10(13)7-5-8-12/h9-10,12-13H,2-4,6,8H2,1H3. The second kappa shape index (κ2) is 8.37. The highest BCUT2D eigenvalue weighted by Crippen LogP contribution is 2.12. The van der Waals surface area contributed by atoms with Crippen molar-refractivity contribution in [3.8, 4) is 11.8 Å². The van der Waals surface area contributed by atoms with E-state index in [9.17, 15) is 5.11 Å². The minimum Gasteiger partial charge on any atom is -0.384 e. The first-order valence-corrected chi connectivity index (χ1v) is 5.07. The Morgan fingerprint density at radius 3 is 2.62 bits per heavy atom. The van der Waals surface area contributed by atoms with Gasteiger partial charge in [-0.2, -0.15) is 0 Å². The summed E-state index contributed by atoms with van der Waals surface area (Å²) in [5, 5.41) is 17.4. The van der Waals surface area contributed by atoms with E-state index in [0.29, 0.717) is 0 Å². The zero-order chi connectivity index (χ0) is 10.1. The van der Waals surface area contributed by atoms with E-state index in [1.807, 2.05) is 0 Å². The number of alkyl halides is 1. The Balaban J connectivity index is 3.62.